The number of piperidine rings is 1. The first-order valence-corrected chi connectivity index (χ1v) is 8.59. The molecule has 1 atom stereocenters. The van der Waals surface area contributed by atoms with Crippen LogP contribution in [0.3, 0.4) is 0 Å². The summed E-state index contributed by atoms with van der Waals surface area (Å²) in [6, 6.07) is 8.34. The van der Waals surface area contributed by atoms with Crippen LogP contribution in [-0.2, 0) is 11.2 Å². The molecule has 1 aromatic rings. The highest BCUT2D eigenvalue weighted by atomic mass is 79.9. The van der Waals surface area contributed by atoms with Crippen LogP contribution >= 0.6 is 15.9 Å². The number of rotatable bonds is 5. The van der Waals surface area contributed by atoms with E-state index in [-0.39, 0.29) is 5.91 Å². The number of carbonyl (C=O) groups is 1. The van der Waals surface area contributed by atoms with Crippen LogP contribution in [0.15, 0.2) is 28.7 Å². The van der Waals surface area contributed by atoms with Crippen molar-refractivity contribution in [3.63, 3.8) is 0 Å². The zero-order valence-electron chi connectivity index (χ0n) is 12.9. The van der Waals surface area contributed by atoms with Crippen LogP contribution in [0.25, 0.3) is 0 Å². The van der Waals surface area contributed by atoms with Gasteiger partial charge in [0, 0.05) is 17.1 Å². The van der Waals surface area contributed by atoms with E-state index in [1.165, 1.54) is 12.8 Å². The molecule has 1 saturated heterocycles. The zero-order valence-corrected chi connectivity index (χ0v) is 14.5. The minimum Gasteiger partial charge on any atom is -0.354 e. The van der Waals surface area contributed by atoms with Crippen molar-refractivity contribution in [3.8, 4) is 0 Å². The van der Waals surface area contributed by atoms with Crippen LogP contribution in [0.5, 0.6) is 0 Å². The largest absolute Gasteiger partial charge is 0.354 e. The van der Waals surface area contributed by atoms with E-state index in [1.54, 1.807) is 0 Å². The summed E-state index contributed by atoms with van der Waals surface area (Å²) in [5.41, 5.74) is 1.05. The first kappa shape index (κ1) is 16.5. The van der Waals surface area contributed by atoms with Gasteiger partial charge >= 0.3 is 0 Å². The molecule has 4 heteroatoms. The van der Waals surface area contributed by atoms with Crippen molar-refractivity contribution < 1.29 is 4.79 Å². The van der Waals surface area contributed by atoms with Gasteiger partial charge in [0.15, 0.2) is 0 Å². The van der Waals surface area contributed by atoms with Crippen LogP contribution in [0.1, 0.15) is 32.3 Å². The molecular weight excluding hydrogens is 328 g/mol. The third kappa shape index (κ3) is 5.44. The molecule has 0 spiro atoms. The quantitative estimate of drug-likeness (QED) is 0.882. The molecule has 1 unspecified atom stereocenters. The Labute approximate surface area is 136 Å². The fourth-order valence-electron chi connectivity index (χ4n) is 2.71. The fourth-order valence-corrected chi connectivity index (χ4v) is 2.97. The van der Waals surface area contributed by atoms with Crippen molar-refractivity contribution in [1.29, 1.82) is 0 Å². The highest BCUT2D eigenvalue weighted by Gasteiger charge is 2.20. The van der Waals surface area contributed by atoms with Crippen molar-refractivity contribution >= 4 is 21.8 Å². The summed E-state index contributed by atoms with van der Waals surface area (Å²) < 4.78 is 1.04. The van der Waals surface area contributed by atoms with Crippen LogP contribution in [-0.4, -0.2) is 36.5 Å². The van der Waals surface area contributed by atoms with Gasteiger partial charge in [-0.25, -0.2) is 0 Å². The van der Waals surface area contributed by atoms with Gasteiger partial charge in [0.1, 0.15) is 0 Å². The molecule has 0 aliphatic carbocycles. The van der Waals surface area contributed by atoms with E-state index in [0.717, 1.165) is 35.6 Å². The Kier molecular flexibility index (Phi) is 6.24. The molecular formula is C17H25BrN2O. The van der Waals surface area contributed by atoms with Crippen molar-refractivity contribution in [2.75, 3.05) is 19.6 Å². The summed E-state index contributed by atoms with van der Waals surface area (Å²) in [5, 5.41) is 3.06. The maximum atomic E-state index is 12.0. The van der Waals surface area contributed by atoms with Gasteiger partial charge < -0.3 is 5.32 Å². The second kappa shape index (κ2) is 7.95. The Morgan fingerprint density at radius 1 is 1.33 bits per heavy atom. The summed E-state index contributed by atoms with van der Waals surface area (Å²) >= 11 is 3.40. The van der Waals surface area contributed by atoms with E-state index in [4.69, 9.17) is 0 Å². The molecule has 1 aliphatic rings. The predicted octanol–water partition coefficient (Wildman–Crippen LogP) is 3.23. The lowest BCUT2D eigenvalue weighted by Gasteiger charge is -2.35. The maximum absolute atomic E-state index is 12.0. The average molecular weight is 353 g/mol. The minimum atomic E-state index is 0.106. The molecule has 0 bridgehead atoms. The van der Waals surface area contributed by atoms with Gasteiger partial charge in [-0.15, -0.1) is 0 Å². The Bertz CT molecular complexity index is 452. The number of amides is 1. The molecule has 1 amide bonds. The fraction of sp³-hybridized carbons (Fsp3) is 0.588. The van der Waals surface area contributed by atoms with Crippen molar-refractivity contribution in [3.05, 3.63) is 34.3 Å². The summed E-state index contributed by atoms with van der Waals surface area (Å²) in [4.78, 5) is 14.5. The van der Waals surface area contributed by atoms with E-state index in [2.05, 4.69) is 40.0 Å². The number of hydrogen-bond donors (Lipinski definition) is 1. The summed E-state index contributed by atoms with van der Waals surface area (Å²) in [6.45, 7) is 7.58. The van der Waals surface area contributed by atoms with Gasteiger partial charge in [0.2, 0.25) is 5.91 Å². The standard InChI is InChI=1S/C17H25BrN2O/c1-13-7-9-20(10-8-13)14(2)12-19-17(21)11-15-3-5-16(18)6-4-15/h3-6,13-14H,7-12H2,1-2H3,(H,19,21). The number of nitrogens with zero attached hydrogens (tertiary/aromatic N) is 1. The van der Waals surface area contributed by atoms with E-state index < -0.39 is 0 Å². The van der Waals surface area contributed by atoms with Gasteiger partial charge in [0.05, 0.1) is 6.42 Å². The second-order valence-electron chi connectivity index (χ2n) is 6.17. The molecule has 1 aliphatic heterocycles. The predicted molar refractivity (Wildman–Crippen MR) is 90.3 cm³/mol. The topological polar surface area (TPSA) is 32.3 Å². The Morgan fingerprint density at radius 3 is 2.57 bits per heavy atom. The molecule has 21 heavy (non-hydrogen) atoms. The molecule has 3 nitrogen and oxygen atoms in total. The molecule has 0 saturated carbocycles. The Morgan fingerprint density at radius 2 is 1.95 bits per heavy atom. The first-order chi connectivity index (χ1) is 10.0. The maximum Gasteiger partial charge on any atom is 0.224 e. The van der Waals surface area contributed by atoms with E-state index in [0.29, 0.717) is 12.5 Å². The summed E-state index contributed by atoms with van der Waals surface area (Å²) in [7, 11) is 0. The molecule has 116 valence electrons. The van der Waals surface area contributed by atoms with Gasteiger partial charge in [-0.3, -0.25) is 9.69 Å². The highest BCUT2D eigenvalue weighted by molar-refractivity contribution is 9.10. The number of likely N-dealkylation sites (tertiary alicyclic amines) is 1. The smallest absolute Gasteiger partial charge is 0.224 e. The summed E-state index contributed by atoms with van der Waals surface area (Å²) in [5.74, 6) is 0.954. The number of carbonyl (C=O) groups excluding carboxylic acids is 1. The van der Waals surface area contributed by atoms with Crippen molar-refractivity contribution in [2.45, 2.75) is 39.2 Å². The average Bonchev–Trinajstić information content (AvgIpc) is 2.48. The van der Waals surface area contributed by atoms with E-state index >= 15 is 0 Å². The minimum absolute atomic E-state index is 0.106. The first-order valence-electron chi connectivity index (χ1n) is 7.80. The molecule has 1 fully saturated rings. The van der Waals surface area contributed by atoms with Crippen LogP contribution < -0.4 is 5.32 Å². The van der Waals surface area contributed by atoms with Crippen LogP contribution in [0.2, 0.25) is 0 Å². The molecule has 1 heterocycles. The van der Waals surface area contributed by atoms with Gasteiger partial charge in [-0.2, -0.15) is 0 Å². The Balaban J connectivity index is 1.72. The zero-order chi connectivity index (χ0) is 15.2. The van der Waals surface area contributed by atoms with Crippen LogP contribution in [0.4, 0.5) is 0 Å². The Hall–Kier alpha value is -0.870. The number of hydrogen-bond acceptors (Lipinski definition) is 2. The second-order valence-corrected chi connectivity index (χ2v) is 7.09. The number of halogens is 1. The van der Waals surface area contributed by atoms with Gasteiger partial charge in [-0.05, 0) is 56.5 Å². The van der Waals surface area contributed by atoms with Crippen molar-refractivity contribution in [1.82, 2.24) is 10.2 Å². The van der Waals surface area contributed by atoms with E-state index in [9.17, 15) is 4.79 Å². The van der Waals surface area contributed by atoms with Crippen LogP contribution in [0, 0.1) is 5.92 Å². The lowest BCUT2D eigenvalue weighted by atomic mass is 9.98. The number of nitrogens with one attached hydrogen (secondary N) is 1. The molecule has 1 N–H and O–H groups in total. The SMILES string of the molecule is CC1CCN(C(C)CNC(=O)Cc2ccc(Br)cc2)CC1. The highest BCUT2D eigenvalue weighted by Crippen LogP contribution is 2.17. The lowest BCUT2D eigenvalue weighted by Crippen LogP contribution is -2.45. The third-order valence-corrected chi connectivity index (χ3v) is 4.84. The van der Waals surface area contributed by atoms with Gasteiger partial charge in [0.25, 0.3) is 0 Å². The summed E-state index contributed by atoms with van der Waals surface area (Å²) in [6.07, 6.45) is 3.01. The normalized spacial score (nSPS) is 18.4. The lowest BCUT2D eigenvalue weighted by molar-refractivity contribution is -0.120. The van der Waals surface area contributed by atoms with Gasteiger partial charge in [-0.1, -0.05) is 35.0 Å². The molecule has 2 rings (SSSR count). The van der Waals surface area contributed by atoms with Crippen molar-refractivity contribution in [2.24, 2.45) is 5.92 Å². The monoisotopic (exact) mass is 352 g/mol. The number of benzene rings is 1. The third-order valence-electron chi connectivity index (χ3n) is 4.31. The molecule has 1 aromatic carbocycles. The van der Waals surface area contributed by atoms with E-state index in [1.807, 2.05) is 24.3 Å². The molecule has 0 radical (unpaired) electrons. The molecule has 0 aromatic heterocycles.